The number of nitrogens with zero attached hydrogens (tertiary/aromatic N) is 1. The fourth-order valence-electron chi connectivity index (χ4n) is 4.75. The van der Waals surface area contributed by atoms with Gasteiger partial charge in [0.15, 0.2) is 0 Å². The van der Waals surface area contributed by atoms with Gasteiger partial charge in [0, 0.05) is 35.3 Å². The zero-order valence-corrected chi connectivity index (χ0v) is 25.3. The molecule has 0 bridgehead atoms. The number of halogens is 2. The van der Waals surface area contributed by atoms with E-state index in [1.165, 1.54) is 22.9 Å². The highest BCUT2D eigenvalue weighted by Crippen LogP contribution is 2.47. The second-order valence-corrected chi connectivity index (χ2v) is 12.1. The molecule has 1 fully saturated rings. The van der Waals surface area contributed by atoms with Crippen LogP contribution in [0.4, 0.5) is 5.69 Å². The Morgan fingerprint density at radius 1 is 0.930 bits per heavy atom. The molecule has 216 valence electrons. The highest BCUT2D eigenvalue weighted by molar-refractivity contribution is 8.01. The van der Waals surface area contributed by atoms with Gasteiger partial charge in [-0.2, -0.15) is 0 Å². The van der Waals surface area contributed by atoms with Crippen molar-refractivity contribution >= 4 is 58.4 Å². The van der Waals surface area contributed by atoms with Crippen LogP contribution in [0.3, 0.4) is 0 Å². The standard InChI is InChI=1S/C28H23Cl2N3O3S.C6H4/c1-2-18-6-3-4-9-21(18)28-33(20-8-5-7-19(15-20)26(31)35)27(36)24(37-28)16-25(34)32-13-12-17-10-11-22(29)23(30)14-17;1-2-6-4-3-5(1)6/h1,3-11,14-15,24,28H,12-13,16H2,(H2,31,35)(H,32,34);1-4H. The maximum absolute atomic E-state index is 13.6. The summed E-state index contributed by atoms with van der Waals surface area (Å²) in [7, 11) is 0. The summed E-state index contributed by atoms with van der Waals surface area (Å²) in [5.41, 5.74) is 11.5. The third-order valence-electron chi connectivity index (χ3n) is 7.14. The molecule has 2 unspecified atom stereocenters. The Balaban J connectivity index is 0.000000537. The third kappa shape index (κ3) is 6.89. The van der Waals surface area contributed by atoms with Gasteiger partial charge < -0.3 is 11.1 Å². The Hall–Kier alpha value is -4.22. The van der Waals surface area contributed by atoms with Gasteiger partial charge in [-0.15, -0.1) is 18.2 Å². The van der Waals surface area contributed by atoms with Crippen molar-refractivity contribution in [3.8, 4) is 23.5 Å². The SMILES string of the molecule is C#Cc1ccccc1C1SC(CC(=O)NCCc2ccc(Cl)c(Cl)c2)C(=O)N1c1cccc(C(N)=O)c1.c1cc2ccc1-2. The van der Waals surface area contributed by atoms with Crippen LogP contribution < -0.4 is 16.0 Å². The number of hydrogen-bond acceptors (Lipinski definition) is 4. The summed E-state index contributed by atoms with van der Waals surface area (Å²) in [5.74, 6) is 1.58. The van der Waals surface area contributed by atoms with Crippen LogP contribution in [0.5, 0.6) is 0 Å². The molecule has 3 aliphatic rings. The highest BCUT2D eigenvalue weighted by atomic mass is 35.5. The normalized spacial score (nSPS) is 16.1. The maximum atomic E-state index is 13.6. The van der Waals surface area contributed by atoms with Gasteiger partial charge in [-0.1, -0.05) is 83.7 Å². The van der Waals surface area contributed by atoms with Crippen molar-refractivity contribution < 1.29 is 14.4 Å². The Kier molecular flexibility index (Phi) is 9.42. The fourth-order valence-corrected chi connectivity index (χ4v) is 6.56. The number of carbonyl (C=O) groups excluding carboxylic acids is 3. The van der Waals surface area contributed by atoms with Crippen LogP contribution in [0, 0.1) is 12.3 Å². The maximum Gasteiger partial charge on any atom is 0.248 e. The summed E-state index contributed by atoms with van der Waals surface area (Å²) in [6.45, 7) is 0.385. The van der Waals surface area contributed by atoms with Gasteiger partial charge >= 0.3 is 0 Å². The number of nitrogens with two attached hydrogens (primary N) is 1. The minimum absolute atomic E-state index is 0.00833. The molecule has 2 atom stereocenters. The molecule has 1 saturated heterocycles. The van der Waals surface area contributed by atoms with Crippen LogP contribution in [0.2, 0.25) is 10.0 Å². The first kappa shape index (κ1) is 30.2. The van der Waals surface area contributed by atoms with Gasteiger partial charge in [-0.3, -0.25) is 19.3 Å². The van der Waals surface area contributed by atoms with E-state index in [0.29, 0.717) is 34.3 Å². The minimum Gasteiger partial charge on any atom is -0.366 e. The molecular formula is C34H27Cl2N3O3S. The Morgan fingerprint density at radius 3 is 2.28 bits per heavy atom. The van der Waals surface area contributed by atoms with E-state index in [1.54, 1.807) is 47.4 Å². The van der Waals surface area contributed by atoms with Crippen molar-refractivity contribution in [3.05, 3.63) is 123 Å². The van der Waals surface area contributed by atoms with Gasteiger partial charge in [-0.05, 0) is 59.5 Å². The lowest BCUT2D eigenvalue weighted by Gasteiger charge is -2.25. The molecule has 3 N–H and O–H groups in total. The van der Waals surface area contributed by atoms with Crippen molar-refractivity contribution in [2.75, 3.05) is 11.4 Å². The summed E-state index contributed by atoms with van der Waals surface area (Å²) in [6.07, 6.45) is 6.29. The predicted molar refractivity (Wildman–Crippen MR) is 174 cm³/mol. The molecule has 2 aliphatic carbocycles. The molecule has 0 aromatic heterocycles. The number of nitrogens with one attached hydrogen (secondary N) is 1. The van der Waals surface area contributed by atoms with Gasteiger partial charge in [-0.25, -0.2) is 0 Å². The second-order valence-electron chi connectivity index (χ2n) is 9.96. The van der Waals surface area contributed by atoms with E-state index in [9.17, 15) is 14.4 Å². The largest absolute Gasteiger partial charge is 0.366 e. The number of carbonyl (C=O) groups is 3. The number of terminal acetylenes is 1. The van der Waals surface area contributed by atoms with Gasteiger partial charge in [0.05, 0.1) is 15.3 Å². The molecule has 6 rings (SSSR count). The highest BCUT2D eigenvalue weighted by Gasteiger charge is 2.43. The number of fused-ring (bicyclic) bond motifs is 1. The number of hydrogen-bond donors (Lipinski definition) is 2. The molecule has 0 radical (unpaired) electrons. The number of primary amides is 1. The number of rotatable bonds is 8. The molecule has 0 saturated carbocycles. The number of amides is 3. The summed E-state index contributed by atoms with van der Waals surface area (Å²) in [6, 6.07) is 27.7. The number of thioether (sulfide) groups is 1. The van der Waals surface area contributed by atoms with E-state index < -0.39 is 16.5 Å². The predicted octanol–water partition coefficient (Wildman–Crippen LogP) is 6.64. The van der Waals surface area contributed by atoms with Crippen LogP contribution in [0.1, 0.15) is 38.8 Å². The Bertz CT molecular complexity index is 1710. The number of anilines is 1. The van der Waals surface area contributed by atoms with Crippen LogP contribution >= 0.6 is 35.0 Å². The fraction of sp³-hybridized carbons (Fsp3) is 0.147. The molecule has 0 spiro atoms. The monoisotopic (exact) mass is 627 g/mol. The van der Waals surface area contributed by atoms with Crippen LogP contribution in [-0.2, 0) is 16.0 Å². The molecule has 1 heterocycles. The molecule has 3 aromatic carbocycles. The average Bonchev–Trinajstić information content (AvgIpc) is 3.32. The van der Waals surface area contributed by atoms with Crippen molar-refractivity contribution in [1.82, 2.24) is 5.32 Å². The van der Waals surface area contributed by atoms with Crippen molar-refractivity contribution in [3.63, 3.8) is 0 Å². The zero-order valence-electron chi connectivity index (χ0n) is 22.9. The lowest BCUT2D eigenvalue weighted by atomic mass is 9.95. The van der Waals surface area contributed by atoms with E-state index in [2.05, 4.69) is 35.5 Å². The van der Waals surface area contributed by atoms with E-state index in [4.69, 9.17) is 35.4 Å². The molecule has 9 heteroatoms. The molecule has 43 heavy (non-hydrogen) atoms. The smallest absolute Gasteiger partial charge is 0.248 e. The van der Waals surface area contributed by atoms with Crippen LogP contribution in [0.15, 0.2) is 91.0 Å². The summed E-state index contributed by atoms with van der Waals surface area (Å²) in [4.78, 5) is 39.7. The minimum atomic E-state index is -0.641. The average molecular weight is 629 g/mol. The van der Waals surface area contributed by atoms with Crippen molar-refractivity contribution in [2.24, 2.45) is 5.73 Å². The molecule has 3 amide bonds. The van der Waals surface area contributed by atoms with Gasteiger partial charge in [0.2, 0.25) is 17.7 Å². The molecular weight excluding hydrogens is 601 g/mol. The van der Waals surface area contributed by atoms with Crippen LogP contribution in [-0.4, -0.2) is 29.5 Å². The van der Waals surface area contributed by atoms with Crippen LogP contribution in [0.25, 0.3) is 11.1 Å². The van der Waals surface area contributed by atoms with Gasteiger partial charge in [0.1, 0.15) is 5.37 Å². The van der Waals surface area contributed by atoms with Crippen molar-refractivity contribution in [2.45, 2.75) is 23.5 Å². The van der Waals surface area contributed by atoms with Gasteiger partial charge in [0.25, 0.3) is 0 Å². The van der Waals surface area contributed by atoms with Crippen molar-refractivity contribution in [1.29, 1.82) is 0 Å². The Labute approximate surface area is 264 Å². The molecule has 1 aliphatic heterocycles. The molecule has 3 aromatic rings. The molecule has 6 nitrogen and oxygen atoms in total. The first-order chi connectivity index (χ1) is 20.7. The van der Waals surface area contributed by atoms with E-state index in [0.717, 1.165) is 11.1 Å². The van der Waals surface area contributed by atoms with E-state index >= 15 is 0 Å². The third-order valence-corrected chi connectivity index (χ3v) is 9.30. The van der Waals surface area contributed by atoms with E-state index in [1.807, 2.05) is 24.3 Å². The lowest BCUT2D eigenvalue weighted by molar-refractivity contribution is -0.124. The number of benzene rings is 4. The lowest BCUT2D eigenvalue weighted by Crippen LogP contribution is -2.35. The summed E-state index contributed by atoms with van der Waals surface area (Å²) >= 11 is 13.4. The second kappa shape index (κ2) is 13.4. The first-order valence-electron chi connectivity index (χ1n) is 13.5. The Morgan fingerprint density at radius 2 is 1.65 bits per heavy atom. The first-order valence-corrected chi connectivity index (χ1v) is 15.2. The van der Waals surface area contributed by atoms with E-state index in [-0.39, 0.29) is 23.8 Å². The summed E-state index contributed by atoms with van der Waals surface area (Å²) in [5, 5.41) is 2.69. The zero-order chi connectivity index (χ0) is 30.5. The topological polar surface area (TPSA) is 92.5 Å². The quantitative estimate of drug-likeness (QED) is 0.189. The summed E-state index contributed by atoms with van der Waals surface area (Å²) < 4.78 is 0.